The fourth-order valence-electron chi connectivity index (χ4n) is 1.87. The van der Waals surface area contributed by atoms with Crippen molar-refractivity contribution in [3.05, 3.63) is 58.8 Å². The minimum atomic E-state index is 0.126. The molecule has 0 fully saturated rings. The molecule has 0 unspecified atom stereocenters. The standard InChI is InChI=1S/C15H11BrO3/c16-11-5-6-14-10(7-11)8-12(19-14)9-18-15-4-2-1-3-13(15)17/h1-8,17H,9H2. The van der Waals surface area contributed by atoms with E-state index in [1.165, 1.54) is 0 Å². The second kappa shape index (κ2) is 4.97. The largest absolute Gasteiger partial charge is 0.504 e. The van der Waals surface area contributed by atoms with E-state index in [0.717, 1.165) is 21.2 Å². The molecule has 1 N–H and O–H groups in total. The molecule has 96 valence electrons. The normalized spacial score (nSPS) is 10.8. The Balaban J connectivity index is 1.80. The SMILES string of the molecule is Oc1ccccc1OCc1cc2cc(Br)ccc2o1. The van der Waals surface area contributed by atoms with Crippen LogP contribution >= 0.6 is 15.9 Å². The Bertz CT molecular complexity index is 718. The molecule has 3 aromatic rings. The lowest BCUT2D eigenvalue weighted by Crippen LogP contribution is -1.93. The summed E-state index contributed by atoms with van der Waals surface area (Å²) in [6, 6.07) is 14.6. The summed E-state index contributed by atoms with van der Waals surface area (Å²) in [5, 5.41) is 10.6. The Kier molecular flexibility index (Phi) is 3.17. The molecular formula is C15H11BrO3. The van der Waals surface area contributed by atoms with E-state index in [2.05, 4.69) is 15.9 Å². The van der Waals surface area contributed by atoms with Crippen LogP contribution in [-0.4, -0.2) is 5.11 Å². The number of fused-ring (bicyclic) bond motifs is 1. The lowest BCUT2D eigenvalue weighted by atomic mass is 10.2. The van der Waals surface area contributed by atoms with Gasteiger partial charge in [-0.25, -0.2) is 0 Å². The van der Waals surface area contributed by atoms with Crippen LogP contribution in [0.2, 0.25) is 0 Å². The van der Waals surface area contributed by atoms with Gasteiger partial charge >= 0.3 is 0 Å². The lowest BCUT2D eigenvalue weighted by Gasteiger charge is -2.05. The molecule has 3 rings (SSSR count). The fraction of sp³-hybridized carbons (Fsp3) is 0.0667. The van der Waals surface area contributed by atoms with Crippen LogP contribution in [0.25, 0.3) is 11.0 Å². The molecule has 0 saturated heterocycles. The monoisotopic (exact) mass is 318 g/mol. The molecule has 0 amide bonds. The van der Waals surface area contributed by atoms with Gasteiger partial charge in [-0.1, -0.05) is 28.1 Å². The van der Waals surface area contributed by atoms with Crippen LogP contribution in [0.3, 0.4) is 0 Å². The highest BCUT2D eigenvalue weighted by atomic mass is 79.9. The van der Waals surface area contributed by atoms with Crippen molar-refractivity contribution in [2.45, 2.75) is 6.61 Å². The van der Waals surface area contributed by atoms with E-state index in [9.17, 15) is 5.11 Å². The number of hydrogen-bond acceptors (Lipinski definition) is 3. The zero-order valence-corrected chi connectivity index (χ0v) is 11.6. The third kappa shape index (κ3) is 2.58. The number of phenols is 1. The molecule has 0 saturated carbocycles. The molecule has 19 heavy (non-hydrogen) atoms. The minimum Gasteiger partial charge on any atom is -0.504 e. The van der Waals surface area contributed by atoms with Crippen molar-refractivity contribution in [1.29, 1.82) is 0 Å². The average molecular weight is 319 g/mol. The minimum absolute atomic E-state index is 0.126. The molecular weight excluding hydrogens is 308 g/mol. The molecule has 0 radical (unpaired) electrons. The molecule has 0 bridgehead atoms. The highest BCUT2D eigenvalue weighted by molar-refractivity contribution is 9.10. The van der Waals surface area contributed by atoms with Crippen molar-refractivity contribution in [2.75, 3.05) is 0 Å². The Morgan fingerprint density at radius 2 is 1.95 bits per heavy atom. The van der Waals surface area contributed by atoms with E-state index in [1.807, 2.05) is 30.3 Å². The summed E-state index contributed by atoms with van der Waals surface area (Å²) in [6.07, 6.45) is 0. The zero-order chi connectivity index (χ0) is 13.2. The maximum atomic E-state index is 9.60. The van der Waals surface area contributed by atoms with Gasteiger partial charge in [-0.05, 0) is 36.4 Å². The highest BCUT2D eigenvalue weighted by Crippen LogP contribution is 2.27. The third-order valence-electron chi connectivity index (χ3n) is 2.76. The first-order chi connectivity index (χ1) is 9.22. The molecule has 3 nitrogen and oxygen atoms in total. The van der Waals surface area contributed by atoms with Gasteiger partial charge in [0.05, 0.1) is 0 Å². The van der Waals surface area contributed by atoms with E-state index in [-0.39, 0.29) is 12.4 Å². The number of furan rings is 1. The van der Waals surface area contributed by atoms with Crippen molar-refractivity contribution >= 4 is 26.9 Å². The number of phenolic OH excluding ortho intramolecular Hbond substituents is 1. The van der Waals surface area contributed by atoms with Crippen LogP contribution in [0, 0.1) is 0 Å². The fourth-order valence-corrected chi connectivity index (χ4v) is 2.25. The Morgan fingerprint density at radius 3 is 2.79 bits per heavy atom. The first kappa shape index (κ1) is 12.1. The van der Waals surface area contributed by atoms with Gasteiger partial charge < -0.3 is 14.3 Å². The van der Waals surface area contributed by atoms with Crippen molar-refractivity contribution < 1.29 is 14.3 Å². The molecule has 0 atom stereocenters. The van der Waals surface area contributed by atoms with Crippen LogP contribution in [0.4, 0.5) is 0 Å². The second-order valence-corrected chi connectivity index (χ2v) is 5.07. The molecule has 1 heterocycles. The maximum absolute atomic E-state index is 9.60. The number of aromatic hydroxyl groups is 1. The summed E-state index contributed by atoms with van der Waals surface area (Å²) in [7, 11) is 0. The molecule has 0 aliphatic rings. The van der Waals surface area contributed by atoms with Crippen LogP contribution in [0.15, 0.2) is 57.4 Å². The van der Waals surface area contributed by atoms with Gasteiger partial charge in [0.25, 0.3) is 0 Å². The summed E-state index contributed by atoms with van der Waals surface area (Å²) in [4.78, 5) is 0. The van der Waals surface area contributed by atoms with Crippen LogP contribution < -0.4 is 4.74 Å². The maximum Gasteiger partial charge on any atom is 0.161 e. The smallest absolute Gasteiger partial charge is 0.161 e. The number of rotatable bonds is 3. The zero-order valence-electron chi connectivity index (χ0n) is 9.97. The van der Waals surface area contributed by atoms with Crippen molar-refractivity contribution in [3.8, 4) is 11.5 Å². The number of benzene rings is 2. The highest BCUT2D eigenvalue weighted by Gasteiger charge is 2.06. The van der Waals surface area contributed by atoms with Gasteiger partial charge in [0, 0.05) is 9.86 Å². The van der Waals surface area contributed by atoms with E-state index in [1.54, 1.807) is 18.2 Å². The number of hydrogen-bond donors (Lipinski definition) is 1. The van der Waals surface area contributed by atoms with Gasteiger partial charge in [-0.2, -0.15) is 0 Å². The second-order valence-electron chi connectivity index (χ2n) is 4.15. The first-order valence-corrected chi connectivity index (χ1v) is 6.60. The van der Waals surface area contributed by atoms with Crippen molar-refractivity contribution in [2.24, 2.45) is 0 Å². The predicted molar refractivity (Wildman–Crippen MR) is 76.4 cm³/mol. The van der Waals surface area contributed by atoms with E-state index >= 15 is 0 Å². The summed E-state index contributed by atoms with van der Waals surface area (Å²) in [6.45, 7) is 0.282. The third-order valence-corrected chi connectivity index (χ3v) is 3.26. The number of para-hydroxylation sites is 2. The molecule has 2 aromatic carbocycles. The van der Waals surface area contributed by atoms with Crippen LogP contribution in [0.1, 0.15) is 5.76 Å². The quantitative estimate of drug-likeness (QED) is 0.774. The summed E-state index contributed by atoms with van der Waals surface area (Å²) in [5.74, 6) is 1.29. The van der Waals surface area contributed by atoms with E-state index < -0.39 is 0 Å². The Hall–Kier alpha value is -1.94. The topological polar surface area (TPSA) is 42.6 Å². The van der Waals surface area contributed by atoms with E-state index in [4.69, 9.17) is 9.15 Å². The van der Waals surface area contributed by atoms with Gasteiger partial charge in [0.1, 0.15) is 18.0 Å². The van der Waals surface area contributed by atoms with Crippen LogP contribution in [-0.2, 0) is 6.61 Å². The molecule has 4 heteroatoms. The molecule has 0 aliphatic carbocycles. The van der Waals surface area contributed by atoms with E-state index in [0.29, 0.717) is 5.75 Å². The predicted octanol–water partition coefficient (Wildman–Crippen LogP) is 4.48. The van der Waals surface area contributed by atoms with Crippen LogP contribution in [0.5, 0.6) is 11.5 Å². The Morgan fingerprint density at radius 1 is 1.11 bits per heavy atom. The van der Waals surface area contributed by atoms with Gasteiger partial charge in [0.2, 0.25) is 0 Å². The van der Waals surface area contributed by atoms with Crippen molar-refractivity contribution in [1.82, 2.24) is 0 Å². The first-order valence-electron chi connectivity index (χ1n) is 5.81. The molecule has 1 aromatic heterocycles. The Labute approximate surface area is 118 Å². The number of ether oxygens (including phenoxy) is 1. The van der Waals surface area contributed by atoms with Crippen molar-refractivity contribution in [3.63, 3.8) is 0 Å². The summed E-state index contributed by atoms with van der Waals surface area (Å²) in [5.41, 5.74) is 0.819. The van der Waals surface area contributed by atoms with Gasteiger partial charge in [0.15, 0.2) is 11.5 Å². The summed E-state index contributed by atoms with van der Waals surface area (Å²) < 4.78 is 12.2. The average Bonchev–Trinajstić information content (AvgIpc) is 2.79. The van der Waals surface area contributed by atoms with Gasteiger partial charge in [-0.15, -0.1) is 0 Å². The van der Waals surface area contributed by atoms with Gasteiger partial charge in [-0.3, -0.25) is 0 Å². The molecule has 0 spiro atoms. The molecule has 0 aliphatic heterocycles. The summed E-state index contributed by atoms with van der Waals surface area (Å²) >= 11 is 3.42. The number of halogens is 1. The lowest BCUT2D eigenvalue weighted by molar-refractivity contribution is 0.262.